The van der Waals surface area contributed by atoms with Crippen molar-refractivity contribution in [3.8, 4) is 5.75 Å². The van der Waals surface area contributed by atoms with Crippen molar-refractivity contribution in [3.05, 3.63) is 30.1 Å². The average Bonchev–Trinajstić information content (AvgIpc) is 2.83. The fourth-order valence-electron chi connectivity index (χ4n) is 1.73. The lowest BCUT2D eigenvalue weighted by atomic mass is 10.0. The summed E-state index contributed by atoms with van der Waals surface area (Å²) >= 11 is 0. The SMILES string of the molecule is O=C(COc1ccc(F)cc1)NCC1(O)CCOC1. The summed E-state index contributed by atoms with van der Waals surface area (Å²) in [7, 11) is 0. The molecule has 0 aliphatic carbocycles. The third-order valence-corrected chi connectivity index (χ3v) is 2.88. The molecule has 1 aliphatic rings. The van der Waals surface area contributed by atoms with Gasteiger partial charge in [0.1, 0.15) is 17.2 Å². The summed E-state index contributed by atoms with van der Waals surface area (Å²) in [5.74, 6) is -0.288. The maximum atomic E-state index is 12.6. The average molecular weight is 269 g/mol. The third kappa shape index (κ3) is 4.18. The van der Waals surface area contributed by atoms with Crippen molar-refractivity contribution < 1.29 is 23.8 Å². The Morgan fingerprint density at radius 2 is 2.21 bits per heavy atom. The zero-order valence-corrected chi connectivity index (χ0v) is 10.4. The molecule has 1 saturated heterocycles. The van der Waals surface area contributed by atoms with Crippen LogP contribution in [0.15, 0.2) is 24.3 Å². The molecule has 2 rings (SSSR count). The van der Waals surface area contributed by atoms with Gasteiger partial charge in [0.05, 0.1) is 6.61 Å². The summed E-state index contributed by atoms with van der Waals surface area (Å²) in [6, 6.07) is 5.40. The molecule has 0 saturated carbocycles. The quantitative estimate of drug-likeness (QED) is 0.815. The van der Waals surface area contributed by atoms with Gasteiger partial charge < -0.3 is 19.9 Å². The van der Waals surface area contributed by atoms with Gasteiger partial charge in [-0.25, -0.2) is 4.39 Å². The molecule has 1 aliphatic heterocycles. The predicted octanol–water partition coefficient (Wildman–Crippen LogP) is 0.472. The normalized spacial score (nSPS) is 22.2. The fourth-order valence-corrected chi connectivity index (χ4v) is 1.73. The number of aliphatic hydroxyl groups is 1. The Bertz CT molecular complexity index is 429. The van der Waals surface area contributed by atoms with Crippen molar-refractivity contribution in [2.24, 2.45) is 0 Å². The lowest BCUT2D eigenvalue weighted by Crippen LogP contribution is -2.44. The second kappa shape index (κ2) is 5.99. The second-order valence-corrected chi connectivity index (χ2v) is 4.55. The van der Waals surface area contributed by atoms with Crippen LogP contribution >= 0.6 is 0 Å². The van der Waals surface area contributed by atoms with Crippen molar-refractivity contribution in [2.45, 2.75) is 12.0 Å². The largest absolute Gasteiger partial charge is 0.484 e. The summed E-state index contributed by atoms with van der Waals surface area (Å²) < 4.78 is 22.9. The molecule has 6 heteroatoms. The van der Waals surface area contributed by atoms with E-state index in [1.807, 2.05) is 0 Å². The van der Waals surface area contributed by atoms with Crippen LogP contribution in [0.4, 0.5) is 4.39 Å². The van der Waals surface area contributed by atoms with Crippen molar-refractivity contribution in [3.63, 3.8) is 0 Å². The van der Waals surface area contributed by atoms with E-state index in [9.17, 15) is 14.3 Å². The van der Waals surface area contributed by atoms with E-state index in [1.165, 1.54) is 24.3 Å². The summed E-state index contributed by atoms with van der Waals surface area (Å²) in [5, 5.41) is 12.5. The number of hydrogen-bond donors (Lipinski definition) is 2. The standard InChI is InChI=1S/C13H16FNO4/c14-10-1-3-11(4-2-10)19-7-12(16)15-8-13(17)5-6-18-9-13/h1-4,17H,5-9H2,(H,15,16). The van der Waals surface area contributed by atoms with Crippen LogP contribution < -0.4 is 10.1 Å². The molecule has 1 aromatic carbocycles. The van der Waals surface area contributed by atoms with Gasteiger partial charge in [0, 0.05) is 19.6 Å². The number of nitrogens with one attached hydrogen (secondary N) is 1. The first kappa shape index (κ1) is 13.8. The van der Waals surface area contributed by atoms with Crippen LogP contribution in [-0.4, -0.2) is 43.0 Å². The number of amides is 1. The van der Waals surface area contributed by atoms with Crippen LogP contribution in [0.1, 0.15) is 6.42 Å². The van der Waals surface area contributed by atoms with Crippen LogP contribution in [0, 0.1) is 5.82 Å². The van der Waals surface area contributed by atoms with Crippen molar-refractivity contribution >= 4 is 5.91 Å². The third-order valence-electron chi connectivity index (χ3n) is 2.88. The molecule has 1 atom stereocenters. The smallest absolute Gasteiger partial charge is 0.258 e. The zero-order chi connectivity index (χ0) is 13.7. The number of rotatable bonds is 5. The lowest BCUT2D eigenvalue weighted by molar-refractivity contribution is -0.124. The molecule has 0 spiro atoms. The fraction of sp³-hybridized carbons (Fsp3) is 0.462. The first-order chi connectivity index (χ1) is 9.07. The Morgan fingerprint density at radius 1 is 1.47 bits per heavy atom. The molecule has 0 radical (unpaired) electrons. The molecule has 1 heterocycles. The van der Waals surface area contributed by atoms with Gasteiger partial charge in [0.25, 0.3) is 5.91 Å². The number of ether oxygens (including phenoxy) is 2. The second-order valence-electron chi connectivity index (χ2n) is 4.55. The van der Waals surface area contributed by atoms with Gasteiger partial charge in [-0.2, -0.15) is 0 Å². The summed E-state index contributed by atoms with van der Waals surface area (Å²) in [4.78, 5) is 11.5. The summed E-state index contributed by atoms with van der Waals surface area (Å²) in [6.45, 7) is 0.686. The first-order valence-electron chi connectivity index (χ1n) is 6.03. The highest BCUT2D eigenvalue weighted by Gasteiger charge is 2.32. The van der Waals surface area contributed by atoms with Crippen LogP contribution in [0.3, 0.4) is 0 Å². The topological polar surface area (TPSA) is 67.8 Å². The lowest BCUT2D eigenvalue weighted by Gasteiger charge is -2.20. The molecule has 1 amide bonds. The van der Waals surface area contributed by atoms with Crippen LogP contribution in [0.25, 0.3) is 0 Å². The number of carbonyl (C=O) groups is 1. The number of halogens is 1. The number of hydrogen-bond acceptors (Lipinski definition) is 4. The Balaban J connectivity index is 1.71. The first-order valence-corrected chi connectivity index (χ1v) is 6.03. The van der Waals surface area contributed by atoms with Gasteiger partial charge in [0.2, 0.25) is 0 Å². The van der Waals surface area contributed by atoms with Gasteiger partial charge in [-0.05, 0) is 24.3 Å². The molecule has 19 heavy (non-hydrogen) atoms. The van der Waals surface area contributed by atoms with Crippen molar-refractivity contribution in [1.82, 2.24) is 5.32 Å². The minimum atomic E-state index is -0.981. The predicted molar refractivity (Wildman–Crippen MR) is 65.3 cm³/mol. The molecule has 0 aromatic heterocycles. The molecule has 0 bridgehead atoms. The minimum Gasteiger partial charge on any atom is -0.484 e. The van der Waals surface area contributed by atoms with E-state index in [1.54, 1.807) is 0 Å². The van der Waals surface area contributed by atoms with Crippen molar-refractivity contribution in [2.75, 3.05) is 26.4 Å². The molecular formula is C13H16FNO4. The summed E-state index contributed by atoms with van der Waals surface area (Å²) in [5.41, 5.74) is -0.981. The molecule has 104 valence electrons. The highest BCUT2D eigenvalue weighted by molar-refractivity contribution is 5.77. The highest BCUT2D eigenvalue weighted by atomic mass is 19.1. The van der Waals surface area contributed by atoms with E-state index in [2.05, 4.69) is 5.32 Å². The molecule has 1 fully saturated rings. The zero-order valence-electron chi connectivity index (χ0n) is 10.4. The maximum absolute atomic E-state index is 12.6. The summed E-state index contributed by atoms with van der Waals surface area (Å²) in [6.07, 6.45) is 0.506. The van der Waals surface area contributed by atoms with E-state index in [0.29, 0.717) is 18.8 Å². The number of benzene rings is 1. The molecular weight excluding hydrogens is 253 g/mol. The number of carbonyl (C=O) groups excluding carboxylic acids is 1. The van der Waals surface area contributed by atoms with E-state index in [-0.39, 0.29) is 31.5 Å². The minimum absolute atomic E-state index is 0.138. The van der Waals surface area contributed by atoms with Crippen molar-refractivity contribution in [1.29, 1.82) is 0 Å². The van der Waals surface area contributed by atoms with E-state index < -0.39 is 5.60 Å². The Labute approximate surface area is 110 Å². The van der Waals surface area contributed by atoms with E-state index in [4.69, 9.17) is 9.47 Å². The molecule has 5 nitrogen and oxygen atoms in total. The maximum Gasteiger partial charge on any atom is 0.258 e. The van der Waals surface area contributed by atoms with Crippen LogP contribution in [0.2, 0.25) is 0 Å². The van der Waals surface area contributed by atoms with E-state index in [0.717, 1.165) is 0 Å². The highest BCUT2D eigenvalue weighted by Crippen LogP contribution is 2.16. The molecule has 2 N–H and O–H groups in total. The van der Waals surface area contributed by atoms with Crippen LogP contribution in [-0.2, 0) is 9.53 Å². The van der Waals surface area contributed by atoms with Gasteiger partial charge >= 0.3 is 0 Å². The van der Waals surface area contributed by atoms with Gasteiger partial charge in [0.15, 0.2) is 6.61 Å². The Morgan fingerprint density at radius 3 is 2.84 bits per heavy atom. The molecule has 1 aromatic rings. The monoisotopic (exact) mass is 269 g/mol. The Kier molecular flexibility index (Phi) is 4.34. The van der Waals surface area contributed by atoms with Gasteiger partial charge in [-0.1, -0.05) is 0 Å². The molecule has 1 unspecified atom stereocenters. The van der Waals surface area contributed by atoms with E-state index >= 15 is 0 Å². The Hall–Kier alpha value is -1.66. The van der Waals surface area contributed by atoms with Gasteiger partial charge in [-0.3, -0.25) is 4.79 Å². The van der Waals surface area contributed by atoms with Gasteiger partial charge in [-0.15, -0.1) is 0 Å². The van der Waals surface area contributed by atoms with Crippen LogP contribution in [0.5, 0.6) is 5.75 Å².